The molecule has 5 nitrogen and oxygen atoms in total. The third-order valence-corrected chi connectivity index (χ3v) is 5.24. The first-order chi connectivity index (χ1) is 11.5. The molecule has 0 bridgehead atoms. The van der Waals surface area contributed by atoms with Gasteiger partial charge in [-0.15, -0.1) is 0 Å². The van der Waals surface area contributed by atoms with Crippen molar-refractivity contribution in [3.8, 4) is 0 Å². The number of nitrogens with zero attached hydrogens (tertiary/aromatic N) is 3. The van der Waals surface area contributed by atoms with Crippen molar-refractivity contribution >= 4 is 33.2 Å². The molecule has 0 saturated carbocycles. The first-order valence-corrected chi connectivity index (χ1v) is 9.15. The van der Waals surface area contributed by atoms with Crippen molar-refractivity contribution < 1.29 is 0 Å². The average molecular weight is 412 g/mol. The Hall–Kier alpha value is -1.37. The number of benzene rings is 1. The van der Waals surface area contributed by atoms with Crippen LogP contribution in [-0.2, 0) is 13.6 Å². The van der Waals surface area contributed by atoms with E-state index in [0.717, 1.165) is 36.9 Å². The number of halogens is 2. The normalized spacial score (nSPS) is 16.3. The number of aromatic nitrogens is 2. The molecule has 24 heavy (non-hydrogen) atoms. The van der Waals surface area contributed by atoms with E-state index in [-0.39, 0.29) is 10.6 Å². The van der Waals surface area contributed by atoms with Crippen LogP contribution in [0.1, 0.15) is 18.4 Å². The molecule has 1 fully saturated rings. The molecule has 1 saturated heterocycles. The summed E-state index contributed by atoms with van der Waals surface area (Å²) in [5, 5.41) is 7.61. The van der Waals surface area contributed by atoms with Gasteiger partial charge in [0.15, 0.2) is 0 Å². The van der Waals surface area contributed by atoms with Gasteiger partial charge in [-0.25, -0.2) is 4.68 Å². The molecule has 0 unspecified atom stereocenters. The molecule has 1 aliphatic heterocycles. The molecule has 0 atom stereocenters. The Bertz CT molecular complexity index is 754. The van der Waals surface area contributed by atoms with Crippen molar-refractivity contribution in [2.45, 2.75) is 25.4 Å². The predicted octanol–water partition coefficient (Wildman–Crippen LogP) is 3.27. The van der Waals surface area contributed by atoms with E-state index in [9.17, 15) is 4.79 Å². The van der Waals surface area contributed by atoms with E-state index in [1.54, 1.807) is 13.2 Å². The molecule has 0 radical (unpaired) electrons. The quantitative estimate of drug-likeness (QED) is 0.839. The largest absolute Gasteiger partial charge is 0.380 e. The second-order valence-electron chi connectivity index (χ2n) is 6.12. The standard InChI is InChI=1S/C17H20BrClN4O/c1-22-17(24)16(19)15(10-20-22)21-14-6-8-23(9-7-14)11-12-2-4-13(18)5-3-12/h2-5,10,14,21H,6-9,11H2,1H3. The highest BCUT2D eigenvalue weighted by Crippen LogP contribution is 2.21. The van der Waals surface area contributed by atoms with Gasteiger partial charge < -0.3 is 5.32 Å². The molecule has 1 N–H and O–H groups in total. The molecular weight excluding hydrogens is 392 g/mol. The van der Waals surface area contributed by atoms with Crippen molar-refractivity contribution in [2.75, 3.05) is 18.4 Å². The van der Waals surface area contributed by atoms with Crippen molar-refractivity contribution in [3.05, 3.63) is 55.9 Å². The zero-order valence-corrected chi connectivity index (χ0v) is 15.8. The number of rotatable bonds is 4. The molecule has 2 heterocycles. The second-order valence-corrected chi connectivity index (χ2v) is 7.42. The van der Waals surface area contributed by atoms with Gasteiger partial charge in [0.05, 0.1) is 11.9 Å². The first kappa shape index (κ1) is 17.5. The maximum absolute atomic E-state index is 11.8. The molecule has 1 aromatic carbocycles. The summed E-state index contributed by atoms with van der Waals surface area (Å²) in [5.41, 5.74) is 1.68. The minimum atomic E-state index is -0.269. The maximum atomic E-state index is 11.8. The van der Waals surface area contributed by atoms with Gasteiger partial charge in [0.2, 0.25) is 0 Å². The van der Waals surface area contributed by atoms with Crippen molar-refractivity contribution in [3.63, 3.8) is 0 Å². The molecule has 0 spiro atoms. The topological polar surface area (TPSA) is 50.2 Å². The monoisotopic (exact) mass is 410 g/mol. The highest BCUT2D eigenvalue weighted by molar-refractivity contribution is 9.10. The van der Waals surface area contributed by atoms with Gasteiger partial charge in [-0.1, -0.05) is 39.7 Å². The van der Waals surface area contributed by atoms with Gasteiger partial charge in [0.25, 0.3) is 5.56 Å². The molecule has 7 heteroatoms. The molecule has 3 rings (SSSR count). The minimum absolute atomic E-state index is 0.213. The fourth-order valence-electron chi connectivity index (χ4n) is 2.91. The van der Waals surface area contributed by atoms with Crippen LogP contribution >= 0.6 is 27.5 Å². The average Bonchev–Trinajstić information content (AvgIpc) is 2.59. The van der Waals surface area contributed by atoms with E-state index in [1.165, 1.54) is 10.2 Å². The summed E-state index contributed by atoms with van der Waals surface area (Å²) in [6.45, 7) is 3.00. The van der Waals surface area contributed by atoms with Crippen LogP contribution in [-0.4, -0.2) is 33.8 Å². The first-order valence-electron chi connectivity index (χ1n) is 7.98. The van der Waals surface area contributed by atoms with Crippen molar-refractivity contribution in [1.82, 2.24) is 14.7 Å². The van der Waals surface area contributed by atoms with Gasteiger partial charge in [-0.05, 0) is 30.5 Å². The molecule has 0 amide bonds. The lowest BCUT2D eigenvalue weighted by atomic mass is 10.0. The van der Waals surface area contributed by atoms with Gasteiger partial charge in [0.1, 0.15) is 5.02 Å². The lowest BCUT2D eigenvalue weighted by molar-refractivity contribution is 0.211. The van der Waals surface area contributed by atoms with Crippen LogP contribution in [0.15, 0.2) is 39.7 Å². The van der Waals surface area contributed by atoms with E-state index in [0.29, 0.717) is 11.7 Å². The smallest absolute Gasteiger partial charge is 0.287 e. The van der Waals surface area contributed by atoms with Crippen LogP contribution in [0, 0.1) is 0 Å². The Morgan fingerprint density at radius 2 is 1.96 bits per heavy atom. The highest BCUT2D eigenvalue weighted by atomic mass is 79.9. The van der Waals surface area contributed by atoms with Crippen LogP contribution in [0.25, 0.3) is 0 Å². The summed E-state index contributed by atoms with van der Waals surface area (Å²) in [6, 6.07) is 8.78. The van der Waals surface area contributed by atoms with Crippen molar-refractivity contribution in [1.29, 1.82) is 0 Å². The number of aryl methyl sites for hydroxylation is 1. The maximum Gasteiger partial charge on any atom is 0.287 e. The van der Waals surface area contributed by atoms with E-state index in [1.807, 2.05) is 0 Å². The zero-order valence-electron chi connectivity index (χ0n) is 13.5. The van der Waals surface area contributed by atoms with E-state index in [2.05, 4.69) is 55.5 Å². The molecular formula is C17H20BrClN4O. The Balaban J connectivity index is 1.55. The van der Waals surface area contributed by atoms with Gasteiger partial charge in [-0.2, -0.15) is 5.10 Å². The predicted molar refractivity (Wildman–Crippen MR) is 101 cm³/mol. The van der Waals surface area contributed by atoms with Crippen LogP contribution in [0.3, 0.4) is 0 Å². The number of hydrogen-bond acceptors (Lipinski definition) is 4. The fraction of sp³-hybridized carbons (Fsp3) is 0.412. The molecule has 1 aromatic heterocycles. The fourth-order valence-corrected chi connectivity index (χ4v) is 3.40. The summed E-state index contributed by atoms with van der Waals surface area (Å²) in [5.74, 6) is 0. The van der Waals surface area contributed by atoms with Crippen LogP contribution in [0.5, 0.6) is 0 Å². The number of anilines is 1. The SMILES string of the molecule is Cn1ncc(NC2CCN(Cc3ccc(Br)cc3)CC2)c(Cl)c1=O. The third kappa shape index (κ3) is 4.18. The van der Waals surface area contributed by atoms with Crippen LogP contribution in [0.2, 0.25) is 5.02 Å². The lowest BCUT2D eigenvalue weighted by Crippen LogP contribution is -2.39. The van der Waals surface area contributed by atoms with E-state index < -0.39 is 0 Å². The third-order valence-electron chi connectivity index (χ3n) is 4.34. The van der Waals surface area contributed by atoms with Gasteiger partial charge in [0, 0.05) is 37.2 Å². The molecule has 2 aromatic rings. The Morgan fingerprint density at radius 1 is 1.29 bits per heavy atom. The van der Waals surface area contributed by atoms with Crippen molar-refractivity contribution in [2.24, 2.45) is 7.05 Å². The Morgan fingerprint density at radius 3 is 2.62 bits per heavy atom. The number of likely N-dealkylation sites (tertiary alicyclic amines) is 1. The van der Waals surface area contributed by atoms with Crippen LogP contribution in [0.4, 0.5) is 5.69 Å². The summed E-state index contributed by atoms with van der Waals surface area (Å²) in [7, 11) is 1.60. The minimum Gasteiger partial charge on any atom is -0.380 e. The van der Waals surface area contributed by atoms with E-state index in [4.69, 9.17) is 11.6 Å². The number of hydrogen-bond donors (Lipinski definition) is 1. The van der Waals surface area contributed by atoms with Gasteiger partial charge in [-0.3, -0.25) is 9.69 Å². The summed E-state index contributed by atoms with van der Waals surface area (Å²) in [6.07, 6.45) is 3.65. The van der Waals surface area contributed by atoms with Gasteiger partial charge >= 0.3 is 0 Å². The lowest BCUT2D eigenvalue weighted by Gasteiger charge is -2.33. The number of piperidine rings is 1. The molecule has 128 valence electrons. The Kier molecular flexibility index (Phi) is 5.58. The summed E-state index contributed by atoms with van der Waals surface area (Å²) >= 11 is 9.58. The van der Waals surface area contributed by atoms with Crippen LogP contribution < -0.4 is 10.9 Å². The highest BCUT2D eigenvalue weighted by Gasteiger charge is 2.20. The molecule has 0 aliphatic carbocycles. The summed E-state index contributed by atoms with van der Waals surface area (Å²) in [4.78, 5) is 14.3. The van der Waals surface area contributed by atoms with E-state index >= 15 is 0 Å². The molecule has 1 aliphatic rings. The summed E-state index contributed by atoms with van der Waals surface area (Å²) < 4.78 is 2.35. The number of nitrogens with one attached hydrogen (secondary N) is 1. The Labute approximate surface area is 154 Å². The second kappa shape index (κ2) is 7.68. The zero-order chi connectivity index (χ0) is 17.1.